The van der Waals surface area contributed by atoms with Crippen molar-refractivity contribution in [2.24, 2.45) is 0 Å². The van der Waals surface area contributed by atoms with E-state index in [1.807, 2.05) is 31.2 Å². The van der Waals surface area contributed by atoms with E-state index < -0.39 is 17.7 Å². The number of aliphatic hydroxyl groups is 1. The molecule has 2 aromatic rings. The summed E-state index contributed by atoms with van der Waals surface area (Å²) in [7, 11) is 3.11. The molecule has 1 fully saturated rings. The third-order valence-electron chi connectivity index (χ3n) is 5.86. The Hall–Kier alpha value is -3.12. The average molecular weight is 438 g/mol. The van der Waals surface area contributed by atoms with Crippen LogP contribution in [0.3, 0.4) is 0 Å². The number of ether oxygens (including phenoxy) is 2. The predicted octanol–water partition coefficient (Wildman–Crippen LogP) is 4.37. The first-order valence-corrected chi connectivity index (χ1v) is 10.6. The van der Waals surface area contributed by atoms with Crippen molar-refractivity contribution in [3.05, 3.63) is 70.3 Å². The maximum atomic E-state index is 13.1. The molecule has 170 valence electrons. The van der Waals surface area contributed by atoms with Crippen molar-refractivity contribution in [1.82, 2.24) is 4.90 Å². The second-order valence-electron chi connectivity index (χ2n) is 9.04. The number of aliphatic hydroxyl groups excluding tert-OH is 1. The fraction of sp³-hybridized carbons (Fsp3) is 0.385. The van der Waals surface area contributed by atoms with Gasteiger partial charge in [-0.2, -0.15) is 0 Å². The van der Waals surface area contributed by atoms with Crippen molar-refractivity contribution >= 4 is 17.4 Å². The molecule has 0 spiro atoms. The van der Waals surface area contributed by atoms with E-state index in [0.717, 1.165) is 16.7 Å². The number of likely N-dealkylation sites (tertiary alicyclic amines) is 1. The normalized spacial score (nSPS) is 18.3. The Bertz CT molecular complexity index is 1050. The molecule has 6 nitrogen and oxygen atoms in total. The molecule has 0 bridgehead atoms. The summed E-state index contributed by atoms with van der Waals surface area (Å²) in [6.45, 7) is 8.72. The van der Waals surface area contributed by atoms with Gasteiger partial charge in [-0.1, -0.05) is 45.0 Å². The standard InChI is InChI=1S/C26H31NO5/c1-16-15-19(32-6)11-12-20(16)23(28)21-22(27(13-14-31-5)25(30)24(21)29)17-7-9-18(10-8-17)26(2,3)4/h7-12,15,22,28H,13-14H2,1-6H3/b23-21+/t22-/m0/s1. The van der Waals surface area contributed by atoms with Gasteiger partial charge in [0.1, 0.15) is 11.5 Å². The molecular weight excluding hydrogens is 406 g/mol. The Morgan fingerprint density at radius 3 is 2.25 bits per heavy atom. The van der Waals surface area contributed by atoms with Crippen LogP contribution in [0.1, 0.15) is 49.1 Å². The Morgan fingerprint density at radius 1 is 1.06 bits per heavy atom. The molecule has 1 heterocycles. The number of ketones is 1. The van der Waals surface area contributed by atoms with Crippen LogP contribution in [-0.2, 0) is 19.7 Å². The quantitative estimate of drug-likeness (QED) is 0.413. The molecule has 0 aromatic heterocycles. The summed E-state index contributed by atoms with van der Waals surface area (Å²) in [6.07, 6.45) is 0. The monoisotopic (exact) mass is 437 g/mol. The second kappa shape index (κ2) is 9.17. The molecule has 1 aliphatic heterocycles. The number of benzene rings is 2. The van der Waals surface area contributed by atoms with E-state index in [1.54, 1.807) is 32.4 Å². The van der Waals surface area contributed by atoms with E-state index >= 15 is 0 Å². The number of rotatable bonds is 6. The molecule has 3 rings (SSSR count). The van der Waals surface area contributed by atoms with Crippen LogP contribution in [0.2, 0.25) is 0 Å². The summed E-state index contributed by atoms with van der Waals surface area (Å²) >= 11 is 0. The molecule has 2 aromatic carbocycles. The van der Waals surface area contributed by atoms with Crippen LogP contribution < -0.4 is 4.74 Å². The lowest BCUT2D eigenvalue weighted by molar-refractivity contribution is -0.140. The molecular formula is C26H31NO5. The van der Waals surface area contributed by atoms with E-state index in [9.17, 15) is 14.7 Å². The zero-order valence-corrected chi connectivity index (χ0v) is 19.6. The molecule has 0 saturated carbocycles. The molecule has 1 N–H and O–H groups in total. The van der Waals surface area contributed by atoms with Crippen LogP contribution >= 0.6 is 0 Å². The maximum absolute atomic E-state index is 13.1. The van der Waals surface area contributed by atoms with Gasteiger partial charge in [0.15, 0.2) is 0 Å². The van der Waals surface area contributed by atoms with Crippen LogP contribution in [0.25, 0.3) is 5.76 Å². The third-order valence-corrected chi connectivity index (χ3v) is 5.86. The van der Waals surface area contributed by atoms with Crippen molar-refractivity contribution in [1.29, 1.82) is 0 Å². The number of amides is 1. The molecule has 1 aliphatic rings. The van der Waals surface area contributed by atoms with Gasteiger partial charge in [-0.3, -0.25) is 9.59 Å². The first kappa shape index (κ1) is 23.5. The largest absolute Gasteiger partial charge is 0.507 e. The van der Waals surface area contributed by atoms with Crippen LogP contribution in [0.15, 0.2) is 48.0 Å². The maximum Gasteiger partial charge on any atom is 0.295 e. The molecule has 1 amide bonds. The average Bonchev–Trinajstić information content (AvgIpc) is 3.01. The molecule has 0 unspecified atom stereocenters. The minimum atomic E-state index is -0.696. The highest BCUT2D eigenvalue weighted by atomic mass is 16.5. The molecule has 32 heavy (non-hydrogen) atoms. The fourth-order valence-corrected chi connectivity index (χ4v) is 3.99. The smallest absolute Gasteiger partial charge is 0.295 e. The minimum absolute atomic E-state index is 0.0312. The summed E-state index contributed by atoms with van der Waals surface area (Å²) < 4.78 is 10.4. The molecule has 1 saturated heterocycles. The van der Waals surface area contributed by atoms with Crippen molar-refractivity contribution in [3.8, 4) is 5.75 Å². The Kier molecular flexibility index (Phi) is 6.74. The third kappa shape index (κ3) is 4.41. The van der Waals surface area contributed by atoms with E-state index in [0.29, 0.717) is 11.3 Å². The fourth-order valence-electron chi connectivity index (χ4n) is 3.99. The number of hydrogen-bond donors (Lipinski definition) is 1. The van der Waals surface area contributed by atoms with E-state index in [-0.39, 0.29) is 29.9 Å². The van der Waals surface area contributed by atoms with Crippen molar-refractivity contribution < 1.29 is 24.2 Å². The lowest BCUT2D eigenvalue weighted by Gasteiger charge is -2.26. The van der Waals surface area contributed by atoms with E-state index in [4.69, 9.17) is 9.47 Å². The van der Waals surface area contributed by atoms with Crippen molar-refractivity contribution in [2.75, 3.05) is 27.4 Å². The van der Waals surface area contributed by atoms with Crippen LogP contribution in [0.4, 0.5) is 0 Å². The number of Topliss-reactive ketones (excluding diaryl/α,β-unsaturated/α-hetero) is 1. The van der Waals surface area contributed by atoms with Crippen LogP contribution in [0, 0.1) is 6.92 Å². The van der Waals surface area contributed by atoms with Crippen LogP contribution in [-0.4, -0.2) is 49.1 Å². The highest BCUT2D eigenvalue weighted by Crippen LogP contribution is 2.40. The SMILES string of the molecule is COCCN1C(=O)C(=O)/C(=C(/O)c2ccc(OC)cc2C)[C@@H]1c1ccc(C(C)(C)C)cc1. The zero-order valence-electron chi connectivity index (χ0n) is 19.6. The molecule has 1 atom stereocenters. The minimum Gasteiger partial charge on any atom is -0.507 e. The number of carbonyl (C=O) groups is 2. The highest BCUT2D eigenvalue weighted by Gasteiger charge is 2.46. The summed E-state index contributed by atoms with van der Waals surface area (Å²) in [5.74, 6) is -0.874. The molecule has 0 aliphatic carbocycles. The predicted molar refractivity (Wildman–Crippen MR) is 124 cm³/mol. The Labute approximate surface area is 189 Å². The summed E-state index contributed by atoms with van der Waals surface area (Å²) in [5, 5.41) is 11.2. The number of methoxy groups -OCH3 is 2. The Morgan fingerprint density at radius 2 is 1.72 bits per heavy atom. The number of aryl methyl sites for hydroxylation is 1. The number of carbonyl (C=O) groups excluding carboxylic acids is 2. The van der Waals surface area contributed by atoms with Gasteiger partial charge >= 0.3 is 0 Å². The van der Waals surface area contributed by atoms with Gasteiger partial charge in [0.25, 0.3) is 11.7 Å². The molecule has 0 radical (unpaired) electrons. The lowest BCUT2D eigenvalue weighted by Crippen LogP contribution is -2.32. The van der Waals surface area contributed by atoms with Gasteiger partial charge in [0.2, 0.25) is 0 Å². The topological polar surface area (TPSA) is 76.1 Å². The first-order valence-electron chi connectivity index (χ1n) is 10.6. The van der Waals surface area contributed by atoms with Gasteiger partial charge in [0, 0.05) is 19.2 Å². The van der Waals surface area contributed by atoms with Gasteiger partial charge in [-0.05, 0) is 47.2 Å². The molecule has 6 heteroatoms. The first-order chi connectivity index (χ1) is 15.1. The summed E-state index contributed by atoms with van der Waals surface area (Å²) in [5.41, 5.74) is 3.19. The van der Waals surface area contributed by atoms with Crippen molar-refractivity contribution in [3.63, 3.8) is 0 Å². The second-order valence-corrected chi connectivity index (χ2v) is 9.04. The van der Waals surface area contributed by atoms with E-state index in [2.05, 4.69) is 20.8 Å². The van der Waals surface area contributed by atoms with Crippen LogP contribution in [0.5, 0.6) is 5.75 Å². The van der Waals surface area contributed by atoms with Gasteiger partial charge in [-0.25, -0.2) is 0 Å². The summed E-state index contributed by atoms with van der Waals surface area (Å²) in [6, 6.07) is 12.4. The van der Waals surface area contributed by atoms with Gasteiger partial charge in [-0.15, -0.1) is 0 Å². The summed E-state index contributed by atoms with van der Waals surface area (Å²) in [4.78, 5) is 27.4. The lowest BCUT2D eigenvalue weighted by atomic mass is 9.85. The Balaban J connectivity index is 2.16. The van der Waals surface area contributed by atoms with Gasteiger partial charge in [0.05, 0.1) is 25.3 Å². The number of nitrogens with zero attached hydrogens (tertiary/aromatic N) is 1. The van der Waals surface area contributed by atoms with Gasteiger partial charge < -0.3 is 19.5 Å². The zero-order chi connectivity index (χ0) is 23.6. The van der Waals surface area contributed by atoms with Crippen molar-refractivity contribution in [2.45, 2.75) is 39.2 Å². The van der Waals surface area contributed by atoms with E-state index in [1.165, 1.54) is 4.90 Å². The number of hydrogen-bond acceptors (Lipinski definition) is 5. The highest BCUT2D eigenvalue weighted by molar-refractivity contribution is 6.46.